The summed E-state index contributed by atoms with van der Waals surface area (Å²) in [6.45, 7) is 9.48. The summed E-state index contributed by atoms with van der Waals surface area (Å²) in [7, 11) is 0. The molecule has 0 N–H and O–H groups in total. The molecule has 15 aromatic carbocycles. The van der Waals surface area contributed by atoms with Crippen molar-refractivity contribution in [2.45, 2.75) is 49.4 Å². The van der Waals surface area contributed by atoms with Gasteiger partial charge in [0.05, 0.1) is 33.3 Å². The molecule has 6 aliphatic rings. The van der Waals surface area contributed by atoms with Crippen LogP contribution in [0.15, 0.2) is 328 Å². The number of nitrogens with zero attached hydrogens (tertiary/aromatic N) is 2. The van der Waals surface area contributed by atoms with E-state index in [1.54, 1.807) is 0 Å². The van der Waals surface area contributed by atoms with Gasteiger partial charge in [0, 0.05) is 33.1 Å². The maximum Gasteiger partial charge on any atom is 0.0979 e. The fourth-order valence-corrected chi connectivity index (χ4v) is 19.9. The number of benzene rings is 15. The number of aromatic nitrogens is 2. The summed E-state index contributed by atoms with van der Waals surface area (Å²) in [5.74, 6) is 0. The van der Waals surface area contributed by atoms with E-state index >= 15 is 0 Å². The molecule has 16 aromatic rings. The number of rotatable bonds is 6. The molecule has 2 heteroatoms. The highest BCUT2D eigenvalue weighted by atomic mass is 14.8. The highest BCUT2D eigenvalue weighted by molar-refractivity contribution is 6.05. The highest BCUT2D eigenvalue weighted by Gasteiger charge is 2.53. The Morgan fingerprint density at radius 1 is 0.167 bits per heavy atom. The van der Waals surface area contributed by atoms with Crippen LogP contribution < -0.4 is 0 Å². The summed E-state index contributed by atoms with van der Waals surface area (Å²) in [5, 5.41) is 0. The van der Waals surface area contributed by atoms with Gasteiger partial charge in [0.2, 0.25) is 0 Å². The van der Waals surface area contributed by atoms with Crippen LogP contribution >= 0.6 is 0 Å². The van der Waals surface area contributed by atoms with Crippen LogP contribution in [0.2, 0.25) is 0 Å². The lowest BCUT2D eigenvalue weighted by atomic mass is 9.70. The molecule has 476 valence electrons. The molecule has 0 radical (unpaired) electrons. The van der Waals surface area contributed by atoms with E-state index in [2.05, 4.69) is 355 Å². The van der Waals surface area contributed by atoms with Crippen LogP contribution in [-0.2, 0) is 21.7 Å². The molecule has 0 atom stereocenters. The van der Waals surface area contributed by atoms with E-state index in [0.29, 0.717) is 0 Å². The van der Waals surface area contributed by atoms with Crippen LogP contribution in [0.4, 0.5) is 0 Å². The van der Waals surface area contributed by atoms with Gasteiger partial charge in [0.1, 0.15) is 0 Å². The average Bonchev–Trinajstić information content (AvgIpc) is 1.51. The minimum absolute atomic E-state index is 0.195. The second-order valence-corrected chi connectivity index (χ2v) is 30.1. The minimum atomic E-state index is -0.445. The van der Waals surface area contributed by atoms with E-state index in [-0.39, 0.29) is 10.8 Å². The first-order valence-electron chi connectivity index (χ1n) is 36.0. The Kier molecular flexibility index (Phi) is 11.6. The van der Waals surface area contributed by atoms with Crippen molar-refractivity contribution in [2.24, 2.45) is 0 Å². The van der Waals surface area contributed by atoms with Crippen molar-refractivity contribution in [2.75, 3.05) is 0 Å². The molecule has 0 bridgehead atoms. The zero-order valence-electron chi connectivity index (χ0n) is 57.1. The van der Waals surface area contributed by atoms with Crippen molar-refractivity contribution >= 4 is 11.0 Å². The lowest BCUT2D eigenvalue weighted by Crippen LogP contribution is -2.25. The molecule has 22 rings (SSSR count). The molecule has 0 saturated carbocycles. The Hall–Kier alpha value is -12.4. The topological polar surface area (TPSA) is 25.8 Å². The lowest BCUT2D eigenvalue weighted by Gasteiger charge is -2.30. The normalized spacial score (nSPS) is 15.0. The van der Waals surface area contributed by atoms with Gasteiger partial charge >= 0.3 is 0 Å². The predicted molar refractivity (Wildman–Crippen MR) is 420 cm³/mol. The summed E-state index contributed by atoms with van der Waals surface area (Å²) in [4.78, 5) is 12.2. The van der Waals surface area contributed by atoms with Crippen LogP contribution in [0.3, 0.4) is 0 Å². The Labute approximate surface area is 594 Å². The van der Waals surface area contributed by atoms with E-state index in [0.717, 1.165) is 66.9 Å². The van der Waals surface area contributed by atoms with E-state index in [9.17, 15) is 0 Å². The van der Waals surface area contributed by atoms with E-state index in [1.807, 2.05) is 0 Å². The number of fused-ring (bicyclic) bond motifs is 27. The molecule has 0 saturated heterocycles. The van der Waals surface area contributed by atoms with E-state index in [1.165, 1.54) is 145 Å². The van der Waals surface area contributed by atoms with Crippen LogP contribution in [0, 0.1) is 0 Å². The molecular formula is C100H66N2. The Morgan fingerprint density at radius 3 is 0.676 bits per heavy atom. The zero-order valence-corrected chi connectivity index (χ0v) is 57.1. The minimum Gasteiger partial charge on any atom is -0.243 e. The van der Waals surface area contributed by atoms with Gasteiger partial charge in [-0.25, -0.2) is 9.97 Å². The van der Waals surface area contributed by atoms with Gasteiger partial charge in [-0.2, -0.15) is 0 Å². The maximum absolute atomic E-state index is 6.11. The first-order valence-corrected chi connectivity index (χ1v) is 36.0. The smallest absolute Gasteiger partial charge is 0.0979 e. The first-order chi connectivity index (χ1) is 50.1. The fourth-order valence-electron chi connectivity index (χ4n) is 19.9. The van der Waals surface area contributed by atoms with Crippen LogP contribution in [0.1, 0.15) is 94.5 Å². The van der Waals surface area contributed by atoms with Gasteiger partial charge < -0.3 is 0 Å². The van der Waals surface area contributed by atoms with Crippen LogP contribution in [0.5, 0.6) is 0 Å². The summed E-state index contributed by atoms with van der Waals surface area (Å²) >= 11 is 0. The number of hydrogen-bond acceptors (Lipinski definition) is 2. The van der Waals surface area contributed by atoms with Crippen LogP contribution in [-0.4, -0.2) is 9.97 Å². The molecule has 2 nitrogen and oxygen atoms in total. The largest absolute Gasteiger partial charge is 0.243 e. The van der Waals surface area contributed by atoms with Crippen molar-refractivity contribution in [3.05, 3.63) is 394 Å². The third kappa shape index (κ3) is 7.48. The highest BCUT2D eigenvalue weighted by Crippen LogP contribution is 2.65. The second-order valence-electron chi connectivity index (χ2n) is 30.1. The third-order valence-electron chi connectivity index (χ3n) is 24.6. The van der Waals surface area contributed by atoms with Crippen molar-refractivity contribution in [3.63, 3.8) is 0 Å². The Balaban J connectivity index is 0.737. The van der Waals surface area contributed by atoms with Gasteiger partial charge in [-0.1, -0.05) is 331 Å². The standard InChI is InChI=1S/C100H66N2/c1-97(2)81-29-13-5-21-69(81)77-51-47-65(57-89(77)97)67-53-54-68(66-48-52-78-70-22-6-14-30-82(70)98(3,4)90(78)58-66)96-95(67)101-93(61-41-37-59(38-42-61)63-45-49-79-75-27-11-19-35-87(75)99(91(79)55-63)83-31-15-7-23-71(83)72-24-8-16-32-84(72)99)94(102-96)62-43-39-60(40-44-62)64-46-50-80-76-28-12-20-36-88(76)100(92(80)56-64)85-33-17-9-25-73(85)74-26-10-18-34-86(74)100/h5-58H,1-4H3. The van der Waals surface area contributed by atoms with E-state index < -0.39 is 10.8 Å². The molecule has 1 aromatic heterocycles. The number of hydrogen-bond donors (Lipinski definition) is 0. The molecule has 0 aliphatic heterocycles. The van der Waals surface area contributed by atoms with Crippen molar-refractivity contribution in [1.29, 1.82) is 0 Å². The molecule has 0 fully saturated rings. The van der Waals surface area contributed by atoms with Crippen molar-refractivity contribution in [3.8, 4) is 134 Å². The average molecular weight is 1300 g/mol. The molecular weight excluding hydrogens is 1230 g/mol. The van der Waals surface area contributed by atoms with Crippen molar-refractivity contribution in [1.82, 2.24) is 9.97 Å². The summed E-state index contributed by atoms with van der Waals surface area (Å²) in [5.41, 5.74) is 44.7. The van der Waals surface area contributed by atoms with Gasteiger partial charge in [0.15, 0.2) is 0 Å². The SMILES string of the molecule is CC1(C)c2ccccc2-c2ccc(-c3ccc(-c4ccc5c(c4)C(C)(C)c4ccccc4-5)c4nc(-c5ccc(-c6ccc7c(c6)C6(c8ccccc8-c8ccccc86)c6ccccc6-7)cc5)c(-c5ccc(-c6ccc7c(c6)C6(c8ccccc8-c8ccccc86)c6ccccc6-7)cc5)nc34)cc21. The molecule has 102 heavy (non-hydrogen) atoms. The summed E-state index contributed by atoms with van der Waals surface area (Å²) in [6.07, 6.45) is 0. The Bertz CT molecular complexity index is 5860. The van der Waals surface area contributed by atoms with E-state index in [4.69, 9.17) is 9.97 Å². The Morgan fingerprint density at radius 2 is 0.373 bits per heavy atom. The van der Waals surface area contributed by atoms with Gasteiger partial charge in [-0.05, 0) is 191 Å². The summed E-state index contributed by atoms with van der Waals surface area (Å²) in [6, 6.07) is 124. The molecule has 2 spiro atoms. The third-order valence-corrected chi connectivity index (χ3v) is 24.6. The van der Waals surface area contributed by atoms with Crippen LogP contribution in [0.25, 0.3) is 145 Å². The van der Waals surface area contributed by atoms with Gasteiger partial charge in [-0.15, -0.1) is 0 Å². The molecule has 0 unspecified atom stereocenters. The zero-order chi connectivity index (χ0) is 67.5. The monoisotopic (exact) mass is 1290 g/mol. The quantitative estimate of drug-likeness (QED) is 0.166. The van der Waals surface area contributed by atoms with Crippen molar-refractivity contribution < 1.29 is 0 Å². The first kappa shape index (κ1) is 57.5. The predicted octanol–water partition coefficient (Wildman–Crippen LogP) is 24.9. The van der Waals surface area contributed by atoms with Gasteiger partial charge in [-0.3, -0.25) is 0 Å². The molecule has 0 amide bonds. The van der Waals surface area contributed by atoms with Gasteiger partial charge in [0.25, 0.3) is 0 Å². The molecule has 1 heterocycles. The summed E-state index contributed by atoms with van der Waals surface area (Å²) < 4.78 is 0. The fraction of sp³-hybridized carbons (Fsp3) is 0.0800. The second kappa shape index (κ2) is 20.6. The molecule has 6 aliphatic carbocycles. The lowest BCUT2D eigenvalue weighted by molar-refractivity contribution is 0.660. The maximum atomic E-state index is 6.11.